The van der Waals surface area contributed by atoms with Crippen LogP contribution in [0.1, 0.15) is 5.56 Å². The second-order valence-corrected chi connectivity index (χ2v) is 3.83. The Hall–Kier alpha value is -2.43. The number of H-pyrrole nitrogens is 2. The van der Waals surface area contributed by atoms with Gasteiger partial charge in [0.1, 0.15) is 5.82 Å². The number of fused-ring (bicyclic) bond motifs is 1. The zero-order chi connectivity index (χ0) is 11.8. The van der Waals surface area contributed by atoms with E-state index in [0.29, 0.717) is 17.0 Å². The Labute approximate surface area is 96.6 Å². The molecule has 5 nitrogen and oxygen atoms in total. The molecule has 0 aliphatic heterocycles. The van der Waals surface area contributed by atoms with Crippen molar-refractivity contribution in [1.29, 1.82) is 0 Å². The molecule has 0 saturated heterocycles. The Morgan fingerprint density at radius 1 is 1.29 bits per heavy atom. The summed E-state index contributed by atoms with van der Waals surface area (Å²) in [5.74, 6) is 0.545. The average molecular weight is 226 g/mol. The van der Waals surface area contributed by atoms with Crippen LogP contribution in [0, 0.1) is 6.92 Å². The summed E-state index contributed by atoms with van der Waals surface area (Å²) >= 11 is 0. The van der Waals surface area contributed by atoms with Crippen LogP contribution >= 0.6 is 0 Å². The summed E-state index contributed by atoms with van der Waals surface area (Å²) in [5, 5.41) is 0. The number of rotatable bonds is 1. The number of pyridine rings is 2. The second kappa shape index (κ2) is 3.55. The molecule has 0 fully saturated rings. The van der Waals surface area contributed by atoms with E-state index in [1.165, 1.54) is 6.07 Å². The summed E-state index contributed by atoms with van der Waals surface area (Å²) < 4.78 is 0. The Morgan fingerprint density at radius 2 is 2.18 bits per heavy atom. The van der Waals surface area contributed by atoms with Crippen LogP contribution in [0.4, 0.5) is 0 Å². The molecule has 0 aromatic carbocycles. The van der Waals surface area contributed by atoms with Gasteiger partial charge in [-0.1, -0.05) is 0 Å². The molecule has 0 radical (unpaired) electrons. The molecule has 0 unspecified atom stereocenters. The first kappa shape index (κ1) is 9.77. The van der Waals surface area contributed by atoms with Crippen molar-refractivity contribution in [3.63, 3.8) is 0 Å². The fraction of sp³-hybridized carbons (Fsp3) is 0.0833. The summed E-state index contributed by atoms with van der Waals surface area (Å²) in [5.41, 5.74) is 3.00. The van der Waals surface area contributed by atoms with Crippen molar-refractivity contribution in [2.24, 2.45) is 0 Å². The lowest BCUT2D eigenvalue weighted by Crippen LogP contribution is -2.03. The molecule has 17 heavy (non-hydrogen) atoms. The zero-order valence-electron chi connectivity index (χ0n) is 9.19. The van der Waals surface area contributed by atoms with Gasteiger partial charge >= 0.3 is 0 Å². The van der Waals surface area contributed by atoms with Crippen molar-refractivity contribution in [1.82, 2.24) is 19.9 Å². The van der Waals surface area contributed by atoms with Gasteiger partial charge in [0.15, 0.2) is 11.1 Å². The van der Waals surface area contributed by atoms with E-state index in [0.717, 1.165) is 11.1 Å². The van der Waals surface area contributed by atoms with Gasteiger partial charge < -0.3 is 9.97 Å². The fourth-order valence-electron chi connectivity index (χ4n) is 1.76. The second-order valence-electron chi connectivity index (χ2n) is 3.83. The smallest absolute Gasteiger partial charge is 0.192 e. The van der Waals surface area contributed by atoms with Gasteiger partial charge in [-0.25, -0.2) is 9.97 Å². The van der Waals surface area contributed by atoms with E-state index in [2.05, 4.69) is 19.9 Å². The molecule has 0 amide bonds. The minimum atomic E-state index is -0.0690. The third-order valence-corrected chi connectivity index (χ3v) is 2.68. The van der Waals surface area contributed by atoms with E-state index < -0.39 is 0 Å². The van der Waals surface area contributed by atoms with Crippen LogP contribution in [0.2, 0.25) is 0 Å². The first-order valence-corrected chi connectivity index (χ1v) is 5.24. The van der Waals surface area contributed by atoms with E-state index >= 15 is 0 Å². The number of nitrogens with zero attached hydrogens (tertiary/aromatic N) is 2. The largest absolute Gasteiger partial charge is 0.367 e. The van der Waals surface area contributed by atoms with Crippen molar-refractivity contribution < 1.29 is 0 Å². The molecule has 3 aromatic rings. The molecule has 2 N–H and O–H groups in total. The van der Waals surface area contributed by atoms with Crippen molar-refractivity contribution in [3.05, 3.63) is 46.5 Å². The molecule has 0 aliphatic carbocycles. The Morgan fingerprint density at radius 3 is 2.94 bits per heavy atom. The highest BCUT2D eigenvalue weighted by atomic mass is 16.1. The highest BCUT2D eigenvalue weighted by Crippen LogP contribution is 2.17. The number of aryl methyl sites for hydroxylation is 1. The van der Waals surface area contributed by atoms with Crippen LogP contribution in [0.25, 0.3) is 22.6 Å². The third kappa shape index (κ3) is 1.52. The lowest BCUT2D eigenvalue weighted by molar-refractivity contribution is 1.24. The molecule has 3 aromatic heterocycles. The molecule has 0 atom stereocenters. The van der Waals surface area contributed by atoms with Crippen LogP contribution in [0.15, 0.2) is 35.5 Å². The van der Waals surface area contributed by atoms with Crippen molar-refractivity contribution >= 4 is 11.2 Å². The maximum absolute atomic E-state index is 11.7. The number of hydrogen-bond donors (Lipinski definition) is 2. The molecule has 0 spiro atoms. The number of aromatic amines is 2. The lowest BCUT2D eigenvalue weighted by Gasteiger charge is -1.93. The van der Waals surface area contributed by atoms with E-state index in [4.69, 9.17) is 0 Å². The number of nitrogens with one attached hydrogen (secondary N) is 2. The predicted molar refractivity (Wildman–Crippen MR) is 64.7 cm³/mol. The first-order chi connectivity index (χ1) is 8.25. The molecule has 84 valence electrons. The molecular weight excluding hydrogens is 216 g/mol. The van der Waals surface area contributed by atoms with E-state index in [9.17, 15) is 4.79 Å². The summed E-state index contributed by atoms with van der Waals surface area (Å²) in [6.45, 7) is 1.97. The highest BCUT2D eigenvalue weighted by molar-refractivity contribution is 5.78. The number of aromatic nitrogens is 4. The van der Waals surface area contributed by atoms with E-state index in [-0.39, 0.29) is 5.43 Å². The van der Waals surface area contributed by atoms with Crippen LogP contribution in [0.5, 0.6) is 0 Å². The van der Waals surface area contributed by atoms with Crippen molar-refractivity contribution in [2.75, 3.05) is 0 Å². The summed E-state index contributed by atoms with van der Waals surface area (Å²) in [6, 6.07) is 3.38. The minimum absolute atomic E-state index is 0.0690. The maximum Gasteiger partial charge on any atom is 0.192 e. The van der Waals surface area contributed by atoms with Crippen LogP contribution in [-0.4, -0.2) is 19.9 Å². The minimum Gasteiger partial charge on any atom is -0.367 e. The predicted octanol–water partition coefficient (Wildman–Crippen LogP) is 1.62. The SMILES string of the molecule is Cc1ccnc2nc(-c3c[nH]ccc3=O)[nH]c12. The van der Waals surface area contributed by atoms with Crippen LogP contribution in [-0.2, 0) is 0 Å². The van der Waals surface area contributed by atoms with Gasteiger partial charge in [-0.05, 0) is 18.6 Å². The highest BCUT2D eigenvalue weighted by Gasteiger charge is 2.09. The van der Waals surface area contributed by atoms with Crippen LogP contribution in [0.3, 0.4) is 0 Å². The first-order valence-electron chi connectivity index (χ1n) is 5.24. The summed E-state index contributed by atoms with van der Waals surface area (Å²) in [6.07, 6.45) is 4.94. The van der Waals surface area contributed by atoms with Gasteiger partial charge in [0.05, 0.1) is 11.1 Å². The standard InChI is InChI=1S/C12H10N4O/c1-7-2-5-14-12-10(7)15-11(16-12)8-6-13-4-3-9(8)17/h2-6H,1H3,(H,13,17)(H,14,15,16). The van der Waals surface area contributed by atoms with Gasteiger partial charge in [0.2, 0.25) is 0 Å². The molecule has 3 heterocycles. The van der Waals surface area contributed by atoms with Crippen LogP contribution < -0.4 is 5.43 Å². The number of hydrogen-bond acceptors (Lipinski definition) is 3. The van der Waals surface area contributed by atoms with Gasteiger partial charge in [0.25, 0.3) is 0 Å². The molecule has 5 heteroatoms. The average Bonchev–Trinajstić information content (AvgIpc) is 2.75. The molecule has 0 aliphatic rings. The summed E-state index contributed by atoms with van der Waals surface area (Å²) in [4.78, 5) is 26.2. The monoisotopic (exact) mass is 226 g/mol. The topological polar surface area (TPSA) is 74.4 Å². The maximum atomic E-state index is 11.7. The molecular formula is C12H10N4O. The normalized spacial score (nSPS) is 10.9. The zero-order valence-corrected chi connectivity index (χ0v) is 9.19. The number of imidazole rings is 1. The van der Waals surface area contributed by atoms with Crippen molar-refractivity contribution in [3.8, 4) is 11.4 Å². The molecule has 0 saturated carbocycles. The van der Waals surface area contributed by atoms with Gasteiger partial charge in [0, 0.05) is 24.7 Å². The summed E-state index contributed by atoms with van der Waals surface area (Å²) in [7, 11) is 0. The fourth-order valence-corrected chi connectivity index (χ4v) is 1.76. The van der Waals surface area contributed by atoms with Crippen molar-refractivity contribution in [2.45, 2.75) is 6.92 Å². The van der Waals surface area contributed by atoms with Gasteiger partial charge in [-0.2, -0.15) is 0 Å². The Kier molecular flexibility index (Phi) is 2.04. The quantitative estimate of drug-likeness (QED) is 0.662. The Balaban J connectivity index is 2.30. The Bertz CT molecular complexity index is 741. The third-order valence-electron chi connectivity index (χ3n) is 2.68. The van der Waals surface area contributed by atoms with Gasteiger partial charge in [-0.15, -0.1) is 0 Å². The van der Waals surface area contributed by atoms with E-state index in [1.807, 2.05) is 13.0 Å². The molecule has 3 rings (SSSR count). The van der Waals surface area contributed by atoms with Gasteiger partial charge in [-0.3, -0.25) is 4.79 Å². The lowest BCUT2D eigenvalue weighted by atomic mass is 10.2. The van der Waals surface area contributed by atoms with E-state index in [1.54, 1.807) is 18.6 Å². The molecule has 0 bridgehead atoms.